The predicted octanol–water partition coefficient (Wildman–Crippen LogP) is 4.01. The van der Waals surface area contributed by atoms with Gasteiger partial charge in [-0.05, 0) is 44.4 Å². The van der Waals surface area contributed by atoms with E-state index in [1.165, 1.54) is 11.0 Å². The van der Waals surface area contributed by atoms with Crippen molar-refractivity contribution in [2.24, 2.45) is 0 Å². The van der Waals surface area contributed by atoms with Crippen LogP contribution in [0.4, 0.5) is 4.39 Å². The number of benzene rings is 2. The minimum absolute atomic E-state index is 0.0109. The first-order chi connectivity index (χ1) is 13.3. The molecule has 0 saturated carbocycles. The maximum Gasteiger partial charge on any atom is 0.242 e. The molecule has 0 fully saturated rings. The van der Waals surface area contributed by atoms with Gasteiger partial charge in [-0.3, -0.25) is 9.59 Å². The predicted molar refractivity (Wildman–Crippen MR) is 109 cm³/mol. The zero-order valence-electron chi connectivity index (χ0n) is 17.0. The molecule has 0 unspecified atom stereocenters. The van der Waals surface area contributed by atoms with Crippen molar-refractivity contribution in [1.82, 2.24) is 10.2 Å². The molecule has 0 bridgehead atoms. The van der Waals surface area contributed by atoms with E-state index in [0.29, 0.717) is 5.56 Å². The molecule has 2 amide bonds. The van der Waals surface area contributed by atoms with Crippen molar-refractivity contribution in [3.05, 3.63) is 71.0 Å². The molecule has 0 aliphatic carbocycles. The van der Waals surface area contributed by atoms with Crippen LogP contribution in [0.2, 0.25) is 0 Å². The summed E-state index contributed by atoms with van der Waals surface area (Å²) in [5, 5.41) is 2.91. The van der Waals surface area contributed by atoms with Gasteiger partial charge in [0.1, 0.15) is 11.9 Å². The summed E-state index contributed by atoms with van der Waals surface area (Å²) < 4.78 is 14.2. The van der Waals surface area contributed by atoms with Crippen LogP contribution in [-0.4, -0.2) is 28.8 Å². The first kappa shape index (κ1) is 21.6. The minimum atomic E-state index is -0.704. The quantitative estimate of drug-likeness (QED) is 0.748. The van der Waals surface area contributed by atoms with Crippen molar-refractivity contribution in [3.63, 3.8) is 0 Å². The number of carbonyl (C=O) groups is 2. The van der Waals surface area contributed by atoms with E-state index in [-0.39, 0.29) is 36.6 Å². The van der Waals surface area contributed by atoms with Crippen LogP contribution >= 0.6 is 0 Å². The Labute approximate surface area is 166 Å². The van der Waals surface area contributed by atoms with Gasteiger partial charge in [-0.1, -0.05) is 49.4 Å². The second-order valence-corrected chi connectivity index (χ2v) is 7.21. The Morgan fingerprint density at radius 1 is 1.04 bits per heavy atom. The molecule has 0 heterocycles. The summed E-state index contributed by atoms with van der Waals surface area (Å²) in [7, 11) is 0. The summed E-state index contributed by atoms with van der Waals surface area (Å²) in [6, 6.07) is 13.3. The third kappa shape index (κ3) is 5.65. The second kappa shape index (κ2) is 10.0. The molecule has 0 aliphatic rings. The molecule has 2 aromatic carbocycles. The molecule has 28 heavy (non-hydrogen) atoms. The van der Waals surface area contributed by atoms with Crippen molar-refractivity contribution < 1.29 is 14.0 Å². The molecular weight excluding hydrogens is 355 g/mol. The Balaban J connectivity index is 2.26. The van der Waals surface area contributed by atoms with Crippen LogP contribution in [0.3, 0.4) is 0 Å². The van der Waals surface area contributed by atoms with Crippen molar-refractivity contribution in [1.29, 1.82) is 0 Å². The van der Waals surface area contributed by atoms with Gasteiger partial charge in [0.15, 0.2) is 0 Å². The fourth-order valence-corrected chi connectivity index (χ4v) is 2.93. The largest absolute Gasteiger partial charge is 0.352 e. The molecule has 4 nitrogen and oxygen atoms in total. The van der Waals surface area contributed by atoms with Gasteiger partial charge < -0.3 is 10.2 Å². The SMILES string of the molecule is CC[C@@H](C)NC(=O)[C@@H](C)N(Cc1ccccc1F)C(=O)Cc1ccccc1C. The standard InChI is InChI=1S/C23H29FN2O2/c1-5-17(3)25-23(28)18(4)26(15-20-12-8-9-13-21(20)24)22(27)14-19-11-7-6-10-16(19)2/h6-13,17-18H,5,14-15H2,1-4H3,(H,25,28)/t17-,18-/m1/s1. The normalized spacial score (nSPS) is 12.9. The highest BCUT2D eigenvalue weighted by Crippen LogP contribution is 2.16. The van der Waals surface area contributed by atoms with Crippen molar-refractivity contribution in [3.8, 4) is 0 Å². The number of hydrogen-bond acceptors (Lipinski definition) is 2. The Morgan fingerprint density at radius 2 is 1.64 bits per heavy atom. The fraction of sp³-hybridized carbons (Fsp3) is 0.391. The summed E-state index contributed by atoms with van der Waals surface area (Å²) in [6.07, 6.45) is 0.963. The highest BCUT2D eigenvalue weighted by Gasteiger charge is 2.27. The zero-order valence-corrected chi connectivity index (χ0v) is 17.0. The first-order valence-corrected chi connectivity index (χ1v) is 9.71. The Kier molecular flexibility index (Phi) is 7.73. The van der Waals surface area contributed by atoms with Crippen LogP contribution in [0.25, 0.3) is 0 Å². The Morgan fingerprint density at radius 3 is 2.25 bits per heavy atom. The highest BCUT2D eigenvalue weighted by molar-refractivity contribution is 5.88. The lowest BCUT2D eigenvalue weighted by atomic mass is 10.0. The maximum atomic E-state index is 14.2. The second-order valence-electron chi connectivity index (χ2n) is 7.21. The number of aryl methyl sites for hydroxylation is 1. The van der Waals surface area contributed by atoms with Gasteiger partial charge in [-0.15, -0.1) is 0 Å². The van der Waals surface area contributed by atoms with Crippen LogP contribution in [-0.2, 0) is 22.6 Å². The van der Waals surface area contributed by atoms with E-state index in [2.05, 4.69) is 5.32 Å². The molecule has 0 aromatic heterocycles. The van der Waals surface area contributed by atoms with Gasteiger partial charge in [0, 0.05) is 18.2 Å². The summed E-state index contributed by atoms with van der Waals surface area (Å²) in [5.41, 5.74) is 2.31. The molecule has 1 N–H and O–H groups in total. The number of amides is 2. The van der Waals surface area contributed by atoms with E-state index >= 15 is 0 Å². The monoisotopic (exact) mass is 384 g/mol. The molecule has 150 valence electrons. The van der Waals surface area contributed by atoms with E-state index in [1.807, 2.05) is 45.0 Å². The lowest BCUT2D eigenvalue weighted by molar-refractivity contribution is -0.140. The molecular formula is C23H29FN2O2. The molecule has 2 rings (SSSR count). The summed E-state index contributed by atoms with van der Waals surface area (Å²) >= 11 is 0. The summed E-state index contributed by atoms with van der Waals surface area (Å²) in [6.45, 7) is 7.58. The molecule has 0 saturated heterocycles. The Bertz CT molecular complexity index is 822. The fourth-order valence-electron chi connectivity index (χ4n) is 2.93. The average Bonchev–Trinajstić information content (AvgIpc) is 2.68. The number of hydrogen-bond donors (Lipinski definition) is 1. The van der Waals surface area contributed by atoms with Crippen LogP contribution in [0, 0.1) is 12.7 Å². The van der Waals surface area contributed by atoms with Crippen LogP contribution < -0.4 is 5.32 Å². The van der Waals surface area contributed by atoms with Gasteiger partial charge in [0.2, 0.25) is 11.8 Å². The molecule has 5 heteroatoms. The molecule has 2 atom stereocenters. The maximum absolute atomic E-state index is 14.2. The minimum Gasteiger partial charge on any atom is -0.352 e. The van der Waals surface area contributed by atoms with E-state index in [0.717, 1.165) is 17.5 Å². The van der Waals surface area contributed by atoms with Crippen LogP contribution in [0.15, 0.2) is 48.5 Å². The third-order valence-electron chi connectivity index (χ3n) is 5.07. The van der Waals surface area contributed by atoms with Crippen molar-refractivity contribution >= 4 is 11.8 Å². The first-order valence-electron chi connectivity index (χ1n) is 9.71. The smallest absolute Gasteiger partial charge is 0.242 e. The van der Waals surface area contributed by atoms with E-state index in [4.69, 9.17) is 0 Å². The number of rotatable bonds is 8. The number of nitrogens with one attached hydrogen (secondary N) is 1. The van der Waals surface area contributed by atoms with Gasteiger partial charge >= 0.3 is 0 Å². The molecule has 0 spiro atoms. The number of carbonyl (C=O) groups excluding carboxylic acids is 2. The summed E-state index contributed by atoms with van der Waals surface area (Å²) in [4.78, 5) is 27.2. The molecule has 0 radical (unpaired) electrons. The van der Waals surface area contributed by atoms with Gasteiger partial charge in [0.25, 0.3) is 0 Å². The number of nitrogens with zero attached hydrogens (tertiary/aromatic N) is 1. The van der Waals surface area contributed by atoms with Crippen LogP contribution in [0.1, 0.15) is 43.9 Å². The lowest BCUT2D eigenvalue weighted by Gasteiger charge is -2.30. The van der Waals surface area contributed by atoms with Crippen molar-refractivity contribution in [2.45, 2.75) is 59.2 Å². The van der Waals surface area contributed by atoms with Crippen LogP contribution in [0.5, 0.6) is 0 Å². The highest BCUT2D eigenvalue weighted by atomic mass is 19.1. The zero-order chi connectivity index (χ0) is 20.7. The van der Waals surface area contributed by atoms with E-state index in [1.54, 1.807) is 25.1 Å². The van der Waals surface area contributed by atoms with E-state index in [9.17, 15) is 14.0 Å². The summed E-state index contributed by atoms with van der Waals surface area (Å²) in [5.74, 6) is -0.820. The van der Waals surface area contributed by atoms with Gasteiger partial charge in [-0.25, -0.2) is 4.39 Å². The third-order valence-corrected chi connectivity index (χ3v) is 5.07. The van der Waals surface area contributed by atoms with Gasteiger partial charge in [-0.2, -0.15) is 0 Å². The van der Waals surface area contributed by atoms with Gasteiger partial charge in [0.05, 0.1) is 6.42 Å². The number of halogens is 1. The lowest BCUT2D eigenvalue weighted by Crippen LogP contribution is -2.50. The Hall–Kier alpha value is -2.69. The molecule has 2 aromatic rings. The molecule has 0 aliphatic heterocycles. The van der Waals surface area contributed by atoms with Crippen molar-refractivity contribution in [2.75, 3.05) is 0 Å². The average molecular weight is 384 g/mol. The van der Waals surface area contributed by atoms with E-state index < -0.39 is 6.04 Å². The topological polar surface area (TPSA) is 49.4 Å².